The molecule has 0 N–H and O–H groups in total. The van der Waals surface area contributed by atoms with Crippen LogP contribution in [0, 0.1) is 34.5 Å². The van der Waals surface area contributed by atoms with Crippen LogP contribution in [0.3, 0.4) is 0 Å². The molecule has 0 spiro atoms. The van der Waals surface area contributed by atoms with Gasteiger partial charge in [-0.15, -0.1) is 0 Å². The smallest absolute Gasteiger partial charge is 0.184 e. The number of hydrogen-bond donors (Lipinski definition) is 0. The minimum Gasteiger partial charge on any atom is -0.414 e. The molecule has 3 unspecified atom stereocenters. The number of fused-ring (bicyclic) bond motifs is 5. The van der Waals surface area contributed by atoms with E-state index in [0.717, 1.165) is 24.2 Å². The van der Waals surface area contributed by atoms with Crippen molar-refractivity contribution in [3.8, 4) is 0 Å². The number of carbonyl (C=O) groups is 1. The second-order valence-corrected chi connectivity index (χ2v) is 16.1. The molecule has 0 amide bonds. The molecule has 2 nitrogen and oxygen atoms in total. The summed E-state index contributed by atoms with van der Waals surface area (Å²) in [5, 5.41) is 0. The Morgan fingerprint density at radius 3 is 2.48 bits per heavy atom. The highest BCUT2D eigenvalue weighted by Crippen LogP contribution is 2.66. The van der Waals surface area contributed by atoms with Crippen LogP contribution in [0.15, 0.2) is 11.6 Å². The molecule has 0 heterocycles. The summed E-state index contributed by atoms with van der Waals surface area (Å²) in [6.07, 6.45) is 13.0. The predicted octanol–water partition coefficient (Wildman–Crippen LogP) is 6.37. The zero-order chi connectivity index (χ0) is 19.6. The van der Waals surface area contributed by atoms with Crippen molar-refractivity contribution in [2.45, 2.75) is 97.9 Å². The molecule has 4 aliphatic carbocycles. The van der Waals surface area contributed by atoms with Crippen LogP contribution in [0.5, 0.6) is 0 Å². The Morgan fingerprint density at radius 2 is 1.81 bits per heavy atom. The number of allylic oxidation sites excluding steroid dienone is 1. The standard InChI is InChI=1S/C24H40O2Si/c1-16(25)20-9-10-21-19-8-7-17-15-18(26-27(4,5)6)11-13-23(17,2)22(19)12-14-24(20,21)3/h7,18-22H,8-15H2,1-6H3/t18-,19?,20+,21?,22?,23-,24+/m0/s1. The molecule has 0 aromatic rings. The first-order chi connectivity index (χ1) is 12.5. The van der Waals surface area contributed by atoms with Crippen LogP contribution in [0.25, 0.3) is 0 Å². The molecule has 0 radical (unpaired) electrons. The van der Waals surface area contributed by atoms with Crippen molar-refractivity contribution >= 4 is 14.1 Å². The highest BCUT2D eigenvalue weighted by Gasteiger charge is 2.59. The van der Waals surface area contributed by atoms with Gasteiger partial charge >= 0.3 is 0 Å². The SMILES string of the molecule is CC(=O)[C@H]1CCC2C3CC=C4C[C@@H](O[Si](C)(C)C)CC[C@]4(C)C3CC[C@@]21C. The summed E-state index contributed by atoms with van der Waals surface area (Å²) in [4.78, 5) is 12.3. The van der Waals surface area contributed by atoms with Crippen molar-refractivity contribution in [3.05, 3.63) is 11.6 Å². The van der Waals surface area contributed by atoms with Crippen molar-refractivity contribution in [2.75, 3.05) is 0 Å². The molecule has 152 valence electrons. The zero-order valence-corrected chi connectivity index (χ0v) is 19.4. The van der Waals surface area contributed by atoms with Gasteiger partial charge in [-0.1, -0.05) is 25.5 Å². The quantitative estimate of drug-likeness (QED) is 0.414. The van der Waals surface area contributed by atoms with Crippen LogP contribution in [0.2, 0.25) is 19.6 Å². The van der Waals surface area contributed by atoms with Crippen LogP contribution in [-0.2, 0) is 9.22 Å². The summed E-state index contributed by atoms with van der Waals surface area (Å²) in [7, 11) is -1.47. The fraction of sp³-hybridized carbons (Fsp3) is 0.875. The summed E-state index contributed by atoms with van der Waals surface area (Å²) in [6.45, 7) is 13.8. The molecular weight excluding hydrogens is 348 g/mol. The van der Waals surface area contributed by atoms with Crippen molar-refractivity contribution < 1.29 is 9.22 Å². The van der Waals surface area contributed by atoms with E-state index in [-0.39, 0.29) is 5.41 Å². The van der Waals surface area contributed by atoms with Gasteiger partial charge in [-0.25, -0.2) is 0 Å². The Balaban J connectivity index is 1.57. The third-order valence-corrected chi connectivity index (χ3v) is 10.1. The second-order valence-electron chi connectivity index (χ2n) is 11.6. The second kappa shape index (κ2) is 6.55. The minimum atomic E-state index is -1.47. The van der Waals surface area contributed by atoms with Crippen molar-refractivity contribution in [1.29, 1.82) is 0 Å². The van der Waals surface area contributed by atoms with E-state index < -0.39 is 8.32 Å². The number of rotatable bonds is 3. The third-order valence-electron chi connectivity index (χ3n) is 9.07. The number of ketones is 1. The normalized spacial score (nSPS) is 46.9. The Morgan fingerprint density at radius 1 is 1.07 bits per heavy atom. The highest BCUT2D eigenvalue weighted by molar-refractivity contribution is 6.69. The Bertz CT molecular complexity index is 647. The summed E-state index contributed by atoms with van der Waals surface area (Å²) < 4.78 is 6.50. The molecule has 0 bridgehead atoms. The van der Waals surface area contributed by atoms with Crippen LogP contribution < -0.4 is 0 Å². The summed E-state index contributed by atoms with van der Waals surface area (Å²) in [5.74, 6) is 3.16. The first kappa shape index (κ1) is 19.9. The fourth-order valence-corrected chi connectivity index (χ4v) is 9.10. The third kappa shape index (κ3) is 3.21. The molecule has 27 heavy (non-hydrogen) atoms. The van der Waals surface area contributed by atoms with E-state index in [0.29, 0.717) is 23.2 Å². The first-order valence-electron chi connectivity index (χ1n) is 11.4. The molecule has 3 heteroatoms. The monoisotopic (exact) mass is 388 g/mol. The van der Waals surface area contributed by atoms with Crippen molar-refractivity contribution in [2.24, 2.45) is 34.5 Å². The summed E-state index contributed by atoms with van der Waals surface area (Å²) >= 11 is 0. The Labute approximate surface area is 167 Å². The van der Waals surface area contributed by atoms with E-state index in [1.54, 1.807) is 5.57 Å². The zero-order valence-electron chi connectivity index (χ0n) is 18.4. The predicted molar refractivity (Wildman–Crippen MR) is 114 cm³/mol. The largest absolute Gasteiger partial charge is 0.414 e. The average molecular weight is 389 g/mol. The van der Waals surface area contributed by atoms with Gasteiger partial charge in [0.15, 0.2) is 8.32 Å². The maximum Gasteiger partial charge on any atom is 0.184 e. The molecule has 0 aromatic carbocycles. The summed E-state index contributed by atoms with van der Waals surface area (Å²) in [6, 6.07) is 0. The van der Waals surface area contributed by atoms with E-state index in [9.17, 15) is 4.79 Å². The van der Waals surface area contributed by atoms with Crippen molar-refractivity contribution in [3.63, 3.8) is 0 Å². The number of carbonyl (C=O) groups excluding carboxylic acids is 1. The van der Waals surface area contributed by atoms with Crippen molar-refractivity contribution in [1.82, 2.24) is 0 Å². The number of hydrogen-bond acceptors (Lipinski definition) is 2. The van der Waals surface area contributed by atoms with Crippen LogP contribution >= 0.6 is 0 Å². The van der Waals surface area contributed by atoms with Gasteiger partial charge < -0.3 is 4.43 Å². The van der Waals surface area contributed by atoms with E-state index in [2.05, 4.69) is 39.6 Å². The lowest BCUT2D eigenvalue weighted by Crippen LogP contribution is -2.51. The average Bonchev–Trinajstić information content (AvgIpc) is 2.91. The van der Waals surface area contributed by atoms with Crippen LogP contribution in [0.4, 0.5) is 0 Å². The van der Waals surface area contributed by atoms with Gasteiger partial charge in [0, 0.05) is 12.0 Å². The van der Waals surface area contributed by atoms with Gasteiger partial charge in [-0.05, 0) is 107 Å². The highest BCUT2D eigenvalue weighted by atomic mass is 28.4. The summed E-state index contributed by atoms with van der Waals surface area (Å²) in [5.41, 5.74) is 2.37. The Kier molecular flexibility index (Phi) is 4.83. The van der Waals surface area contributed by atoms with E-state index in [1.165, 1.54) is 44.9 Å². The maximum atomic E-state index is 12.3. The van der Waals surface area contributed by atoms with Gasteiger partial charge in [0.25, 0.3) is 0 Å². The molecule has 3 fully saturated rings. The van der Waals surface area contributed by atoms with Crippen LogP contribution in [-0.4, -0.2) is 20.2 Å². The van der Waals surface area contributed by atoms with E-state index >= 15 is 0 Å². The van der Waals surface area contributed by atoms with Gasteiger partial charge in [0.2, 0.25) is 0 Å². The first-order valence-corrected chi connectivity index (χ1v) is 14.8. The van der Waals surface area contributed by atoms with Gasteiger partial charge in [0.1, 0.15) is 5.78 Å². The van der Waals surface area contributed by atoms with Gasteiger partial charge in [0.05, 0.1) is 0 Å². The lowest BCUT2D eigenvalue weighted by atomic mass is 9.47. The molecule has 4 aliphatic rings. The van der Waals surface area contributed by atoms with Gasteiger partial charge in [-0.3, -0.25) is 4.79 Å². The minimum absolute atomic E-state index is 0.271. The van der Waals surface area contributed by atoms with E-state index in [4.69, 9.17) is 4.43 Å². The number of Topliss-reactive ketones (excluding diaryl/α,β-unsaturated/α-hetero) is 1. The lowest BCUT2D eigenvalue weighted by molar-refractivity contribution is -0.127. The van der Waals surface area contributed by atoms with Gasteiger partial charge in [-0.2, -0.15) is 0 Å². The molecule has 0 aliphatic heterocycles. The van der Waals surface area contributed by atoms with E-state index in [1.807, 2.05) is 6.92 Å². The topological polar surface area (TPSA) is 26.3 Å². The molecule has 7 atom stereocenters. The Hall–Kier alpha value is -0.413. The fourth-order valence-electron chi connectivity index (χ4n) is 7.90. The van der Waals surface area contributed by atoms with Crippen LogP contribution in [0.1, 0.15) is 72.1 Å². The molecule has 0 aromatic heterocycles. The lowest BCUT2D eigenvalue weighted by Gasteiger charge is -2.58. The molecular formula is C24H40O2Si. The molecule has 3 saturated carbocycles. The molecule has 4 rings (SSSR count). The maximum absolute atomic E-state index is 12.3. The molecule has 0 saturated heterocycles.